The van der Waals surface area contributed by atoms with Gasteiger partial charge in [-0.1, -0.05) is 13.8 Å². The Balaban J connectivity index is 2.32. The molecule has 14 heavy (non-hydrogen) atoms. The van der Waals surface area contributed by atoms with Crippen LogP contribution >= 0.6 is 0 Å². The molecule has 0 spiro atoms. The summed E-state index contributed by atoms with van der Waals surface area (Å²) in [6, 6.07) is 0. The fraction of sp³-hybridized carbons (Fsp3) is 1.00. The highest BCUT2D eigenvalue weighted by Crippen LogP contribution is 2.34. The first kappa shape index (κ1) is 12.0. The molecule has 0 bridgehead atoms. The van der Waals surface area contributed by atoms with E-state index in [2.05, 4.69) is 13.8 Å². The van der Waals surface area contributed by atoms with E-state index in [0.717, 1.165) is 25.6 Å². The van der Waals surface area contributed by atoms with Crippen LogP contribution in [0.4, 0.5) is 0 Å². The van der Waals surface area contributed by atoms with Crippen LogP contribution in [-0.4, -0.2) is 24.4 Å². The van der Waals surface area contributed by atoms with E-state index < -0.39 is 0 Å². The fourth-order valence-corrected chi connectivity index (χ4v) is 2.62. The number of ether oxygens (including phenoxy) is 1. The van der Waals surface area contributed by atoms with Gasteiger partial charge in [0.05, 0.1) is 6.10 Å². The molecular formula is C12H24O2. The molecule has 0 saturated carbocycles. The summed E-state index contributed by atoms with van der Waals surface area (Å²) < 4.78 is 5.35. The van der Waals surface area contributed by atoms with Crippen molar-refractivity contribution < 1.29 is 9.84 Å². The maximum Gasteiger partial charge on any atom is 0.0517 e. The molecule has 1 aliphatic heterocycles. The second-order valence-corrected chi connectivity index (χ2v) is 5.48. The zero-order chi connectivity index (χ0) is 10.6. The fourth-order valence-electron chi connectivity index (χ4n) is 2.62. The van der Waals surface area contributed by atoms with Gasteiger partial charge in [-0.15, -0.1) is 0 Å². The minimum absolute atomic E-state index is 0.176. The Kier molecular flexibility index (Phi) is 4.39. The Bertz CT molecular complexity index is 158. The molecular weight excluding hydrogens is 176 g/mol. The Hall–Kier alpha value is -0.0800. The Morgan fingerprint density at radius 3 is 2.43 bits per heavy atom. The molecule has 1 heterocycles. The van der Waals surface area contributed by atoms with Gasteiger partial charge >= 0.3 is 0 Å². The quantitative estimate of drug-likeness (QED) is 0.756. The van der Waals surface area contributed by atoms with Crippen molar-refractivity contribution >= 4 is 0 Å². The summed E-state index contributed by atoms with van der Waals surface area (Å²) in [5.74, 6) is 0.803. The average Bonchev–Trinajstić information content (AvgIpc) is 2.02. The first-order valence-corrected chi connectivity index (χ1v) is 5.75. The Labute approximate surface area is 87.7 Å². The molecule has 1 N–H and O–H groups in total. The van der Waals surface area contributed by atoms with Crippen molar-refractivity contribution in [2.45, 2.75) is 52.6 Å². The Morgan fingerprint density at radius 2 is 1.93 bits per heavy atom. The van der Waals surface area contributed by atoms with E-state index in [1.165, 1.54) is 19.3 Å². The van der Waals surface area contributed by atoms with E-state index in [-0.39, 0.29) is 11.5 Å². The summed E-state index contributed by atoms with van der Waals surface area (Å²) in [6.07, 6.45) is 4.35. The molecule has 1 unspecified atom stereocenters. The summed E-state index contributed by atoms with van der Waals surface area (Å²) in [4.78, 5) is 0. The molecule has 1 aliphatic rings. The highest BCUT2D eigenvalue weighted by atomic mass is 16.5. The largest absolute Gasteiger partial charge is 0.393 e. The van der Waals surface area contributed by atoms with Gasteiger partial charge in [0.25, 0.3) is 0 Å². The van der Waals surface area contributed by atoms with Crippen molar-refractivity contribution in [1.29, 1.82) is 0 Å². The summed E-state index contributed by atoms with van der Waals surface area (Å²) in [5.41, 5.74) is 0.274. The lowest BCUT2D eigenvalue weighted by molar-refractivity contribution is 0.0417. The van der Waals surface area contributed by atoms with E-state index in [9.17, 15) is 5.11 Å². The zero-order valence-corrected chi connectivity index (χ0v) is 9.75. The molecule has 2 nitrogen and oxygen atoms in total. The molecule has 2 heteroatoms. The van der Waals surface area contributed by atoms with E-state index in [1.807, 2.05) is 6.92 Å². The van der Waals surface area contributed by atoms with Gasteiger partial charge < -0.3 is 9.84 Å². The van der Waals surface area contributed by atoms with E-state index >= 15 is 0 Å². The zero-order valence-electron chi connectivity index (χ0n) is 9.75. The van der Waals surface area contributed by atoms with Gasteiger partial charge in [-0.25, -0.2) is 0 Å². The Morgan fingerprint density at radius 1 is 1.36 bits per heavy atom. The third-order valence-corrected chi connectivity index (χ3v) is 3.03. The van der Waals surface area contributed by atoms with Crippen molar-refractivity contribution in [3.63, 3.8) is 0 Å². The highest BCUT2D eigenvalue weighted by Gasteiger charge is 2.25. The van der Waals surface area contributed by atoms with Crippen LogP contribution in [0.2, 0.25) is 0 Å². The molecule has 84 valence electrons. The van der Waals surface area contributed by atoms with Crippen LogP contribution in [0.25, 0.3) is 0 Å². The average molecular weight is 200 g/mol. The number of aliphatic hydroxyl groups is 1. The van der Waals surface area contributed by atoms with Crippen molar-refractivity contribution in [1.82, 2.24) is 0 Å². The molecule has 0 aromatic carbocycles. The van der Waals surface area contributed by atoms with Crippen molar-refractivity contribution in [2.75, 3.05) is 13.2 Å². The van der Waals surface area contributed by atoms with Crippen LogP contribution in [0.3, 0.4) is 0 Å². The van der Waals surface area contributed by atoms with Gasteiger partial charge in [0, 0.05) is 13.2 Å². The lowest BCUT2D eigenvalue weighted by Gasteiger charge is -2.32. The number of hydrogen-bond acceptors (Lipinski definition) is 2. The van der Waals surface area contributed by atoms with Crippen LogP contribution in [0.1, 0.15) is 46.5 Å². The minimum atomic E-state index is -0.176. The van der Waals surface area contributed by atoms with Crippen LogP contribution in [0.5, 0.6) is 0 Å². The number of aliphatic hydroxyl groups excluding tert-OH is 1. The third-order valence-electron chi connectivity index (χ3n) is 3.03. The maximum absolute atomic E-state index is 9.39. The summed E-state index contributed by atoms with van der Waals surface area (Å²) in [6.45, 7) is 8.25. The molecule has 0 aromatic rings. The summed E-state index contributed by atoms with van der Waals surface area (Å²) >= 11 is 0. The highest BCUT2D eigenvalue weighted by molar-refractivity contribution is 4.76. The third kappa shape index (κ3) is 4.43. The van der Waals surface area contributed by atoms with Gasteiger partial charge in [-0.2, -0.15) is 0 Å². The van der Waals surface area contributed by atoms with E-state index in [0.29, 0.717) is 0 Å². The van der Waals surface area contributed by atoms with Gasteiger partial charge in [0.1, 0.15) is 0 Å². The topological polar surface area (TPSA) is 29.5 Å². The van der Waals surface area contributed by atoms with Crippen LogP contribution in [0, 0.1) is 11.3 Å². The van der Waals surface area contributed by atoms with Crippen molar-refractivity contribution in [3.05, 3.63) is 0 Å². The predicted molar refractivity (Wildman–Crippen MR) is 58.2 cm³/mol. The van der Waals surface area contributed by atoms with Gasteiger partial charge in [0.15, 0.2) is 0 Å². The molecule has 1 atom stereocenters. The molecule has 1 rings (SSSR count). The van der Waals surface area contributed by atoms with Crippen LogP contribution in [0.15, 0.2) is 0 Å². The summed E-state index contributed by atoms with van der Waals surface area (Å²) in [5, 5.41) is 9.39. The first-order chi connectivity index (χ1) is 6.49. The number of rotatable bonds is 4. The lowest BCUT2D eigenvalue weighted by Crippen LogP contribution is -2.25. The smallest absolute Gasteiger partial charge is 0.0517 e. The van der Waals surface area contributed by atoms with Gasteiger partial charge in [-0.05, 0) is 43.9 Å². The lowest BCUT2D eigenvalue weighted by atomic mass is 9.76. The molecule has 0 aliphatic carbocycles. The molecule has 0 amide bonds. The molecule has 1 saturated heterocycles. The minimum Gasteiger partial charge on any atom is -0.393 e. The SMILES string of the molecule is CC(O)CC(C)(C)CC1CCOCC1. The standard InChI is InChI=1S/C12H24O2/c1-10(13)8-12(2,3)9-11-4-6-14-7-5-11/h10-11,13H,4-9H2,1-3H3. The predicted octanol–water partition coefficient (Wildman–Crippen LogP) is 2.60. The first-order valence-electron chi connectivity index (χ1n) is 5.75. The van der Waals surface area contributed by atoms with Gasteiger partial charge in [-0.3, -0.25) is 0 Å². The van der Waals surface area contributed by atoms with Crippen molar-refractivity contribution in [2.24, 2.45) is 11.3 Å². The monoisotopic (exact) mass is 200 g/mol. The molecule has 0 aromatic heterocycles. The van der Waals surface area contributed by atoms with E-state index in [4.69, 9.17) is 4.74 Å². The van der Waals surface area contributed by atoms with Crippen LogP contribution < -0.4 is 0 Å². The second-order valence-electron chi connectivity index (χ2n) is 5.48. The van der Waals surface area contributed by atoms with Gasteiger partial charge in [0.2, 0.25) is 0 Å². The van der Waals surface area contributed by atoms with Crippen molar-refractivity contribution in [3.8, 4) is 0 Å². The second kappa shape index (κ2) is 5.13. The van der Waals surface area contributed by atoms with Crippen LogP contribution in [-0.2, 0) is 4.74 Å². The normalized spacial score (nSPS) is 22.3. The molecule has 1 fully saturated rings. The number of hydrogen-bond donors (Lipinski definition) is 1. The molecule has 0 radical (unpaired) electrons. The summed E-state index contributed by atoms with van der Waals surface area (Å²) in [7, 11) is 0. The maximum atomic E-state index is 9.39. The van der Waals surface area contributed by atoms with E-state index in [1.54, 1.807) is 0 Å².